The van der Waals surface area contributed by atoms with Crippen molar-refractivity contribution in [2.75, 3.05) is 0 Å². The van der Waals surface area contributed by atoms with Gasteiger partial charge in [0, 0.05) is 6.08 Å². The fraction of sp³-hybridized carbons (Fsp3) is 0.0667. The van der Waals surface area contributed by atoms with E-state index in [2.05, 4.69) is 0 Å². The highest BCUT2D eigenvalue weighted by Crippen LogP contribution is 2.27. The number of nitrogens with zero attached hydrogens (tertiary/aromatic N) is 1. The molecule has 2 aromatic carbocycles. The molecule has 27 heavy (non-hydrogen) atoms. The molecule has 0 aromatic heterocycles. The number of hydrogen-bond acceptors (Lipinski definition) is 4. The number of sulfone groups is 1. The summed E-state index contributed by atoms with van der Waals surface area (Å²) < 4.78 is 104. The molecule has 12 heteroatoms. The van der Waals surface area contributed by atoms with Crippen molar-refractivity contribution in [1.29, 1.82) is 0 Å². The van der Waals surface area contributed by atoms with Crippen LogP contribution in [-0.2, 0) is 15.6 Å². The minimum atomic E-state index is -4.89. The lowest BCUT2D eigenvalue weighted by Crippen LogP contribution is -2.15. The van der Waals surface area contributed by atoms with Gasteiger partial charge in [-0.2, -0.15) is 0 Å². The number of halogens is 6. The molecule has 2 aromatic rings. The fourth-order valence-electron chi connectivity index (χ4n) is 2.00. The first kappa shape index (κ1) is 20.4. The molecule has 0 heterocycles. The zero-order valence-electron chi connectivity index (χ0n) is 12.9. The summed E-state index contributed by atoms with van der Waals surface area (Å²) in [7, 11) is -4.89. The zero-order chi connectivity index (χ0) is 20.5. The molecular formula is C15H7F6NO4S. The van der Waals surface area contributed by atoms with E-state index in [1.54, 1.807) is 0 Å². The maximum atomic E-state index is 13.7. The summed E-state index contributed by atoms with van der Waals surface area (Å²) in [4.78, 5) is 9.50. The molecule has 0 atom stereocenters. The van der Waals surface area contributed by atoms with E-state index in [0.29, 0.717) is 0 Å². The highest BCUT2D eigenvalue weighted by atomic mass is 32.2. The third kappa shape index (κ3) is 4.10. The van der Waals surface area contributed by atoms with Gasteiger partial charge in [-0.1, -0.05) is 12.1 Å². The maximum absolute atomic E-state index is 13.7. The van der Waals surface area contributed by atoms with E-state index in [1.165, 1.54) is 0 Å². The molecule has 0 aliphatic carbocycles. The van der Waals surface area contributed by atoms with E-state index in [9.17, 15) is 44.9 Å². The van der Waals surface area contributed by atoms with Crippen LogP contribution in [0.4, 0.5) is 26.3 Å². The predicted molar refractivity (Wildman–Crippen MR) is 80.2 cm³/mol. The predicted octanol–water partition coefficient (Wildman–Crippen LogP) is 3.71. The minimum Gasteiger partial charge on any atom is -0.258 e. The van der Waals surface area contributed by atoms with E-state index in [4.69, 9.17) is 0 Å². The van der Waals surface area contributed by atoms with Gasteiger partial charge in [0.1, 0.15) is 5.82 Å². The molecule has 5 nitrogen and oxygen atoms in total. The van der Waals surface area contributed by atoms with E-state index in [1.807, 2.05) is 0 Å². The zero-order valence-corrected chi connectivity index (χ0v) is 13.7. The van der Waals surface area contributed by atoms with E-state index in [0.717, 1.165) is 24.3 Å². The average Bonchev–Trinajstić information content (AvgIpc) is 2.59. The van der Waals surface area contributed by atoms with Gasteiger partial charge in [-0.05, 0) is 17.7 Å². The van der Waals surface area contributed by atoms with E-state index >= 15 is 0 Å². The Bertz CT molecular complexity index is 1020. The topological polar surface area (TPSA) is 77.3 Å². The maximum Gasteiger partial charge on any atom is 0.360 e. The fourth-order valence-corrected chi connectivity index (χ4v) is 3.31. The van der Waals surface area contributed by atoms with Crippen LogP contribution >= 0.6 is 0 Å². The summed E-state index contributed by atoms with van der Waals surface area (Å²) >= 11 is 0. The molecule has 0 bridgehead atoms. The van der Waals surface area contributed by atoms with Crippen LogP contribution in [0.15, 0.2) is 29.3 Å². The van der Waals surface area contributed by atoms with Crippen molar-refractivity contribution in [3.63, 3.8) is 0 Å². The van der Waals surface area contributed by atoms with Gasteiger partial charge < -0.3 is 0 Å². The van der Waals surface area contributed by atoms with Crippen molar-refractivity contribution in [2.45, 2.75) is 5.75 Å². The Labute approximate surface area is 147 Å². The molecule has 0 radical (unpaired) electrons. The van der Waals surface area contributed by atoms with Crippen LogP contribution in [0.3, 0.4) is 0 Å². The van der Waals surface area contributed by atoms with Gasteiger partial charge in [-0.15, -0.1) is 0 Å². The highest BCUT2D eigenvalue weighted by molar-refractivity contribution is 7.94. The lowest BCUT2D eigenvalue weighted by molar-refractivity contribution is -0.410. The van der Waals surface area contributed by atoms with E-state index < -0.39 is 66.0 Å². The summed E-state index contributed by atoms with van der Waals surface area (Å²) in [5.74, 6) is -13.9. The summed E-state index contributed by atoms with van der Waals surface area (Å²) in [5, 5.41) is 9.25. The Morgan fingerprint density at radius 3 is 1.78 bits per heavy atom. The third-order valence-electron chi connectivity index (χ3n) is 3.28. The van der Waals surface area contributed by atoms with Crippen molar-refractivity contribution in [3.05, 3.63) is 85.4 Å². The summed E-state index contributed by atoms with van der Waals surface area (Å²) in [6, 6.07) is 3.71. The molecule has 0 saturated heterocycles. The molecule has 0 fully saturated rings. The standard InChI is InChI=1S/C15H7F6NO4S/c16-8-3-1-7(2-4-8)6-27(25,26)10(22(23)24)5-9-11(17)13(19)15(21)14(20)12(9)18/h1-5H,6H2/b10-5-. The molecule has 0 unspecified atom stereocenters. The van der Waals surface area contributed by atoms with Crippen LogP contribution in [0.25, 0.3) is 6.08 Å². The molecule has 2 rings (SSSR count). The minimum absolute atomic E-state index is 0.110. The van der Waals surface area contributed by atoms with Gasteiger partial charge in [-0.25, -0.2) is 34.8 Å². The van der Waals surface area contributed by atoms with Crippen LogP contribution in [-0.4, -0.2) is 13.3 Å². The highest BCUT2D eigenvalue weighted by Gasteiger charge is 2.33. The van der Waals surface area contributed by atoms with Crippen molar-refractivity contribution in [3.8, 4) is 0 Å². The summed E-state index contributed by atoms with van der Waals surface area (Å²) in [5.41, 5.74) is -1.89. The third-order valence-corrected chi connectivity index (χ3v) is 4.90. The van der Waals surface area contributed by atoms with Crippen LogP contribution in [0.5, 0.6) is 0 Å². The Hall–Kier alpha value is -2.89. The second-order valence-corrected chi connectivity index (χ2v) is 7.05. The Morgan fingerprint density at radius 1 is 0.889 bits per heavy atom. The lowest BCUT2D eigenvalue weighted by Gasteiger charge is -2.06. The number of nitro groups is 1. The average molecular weight is 411 g/mol. The summed E-state index contributed by atoms with van der Waals surface area (Å²) in [6.07, 6.45) is -0.255. The first-order valence-corrected chi connectivity index (χ1v) is 8.45. The Morgan fingerprint density at radius 2 is 1.33 bits per heavy atom. The van der Waals surface area contributed by atoms with Gasteiger partial charge in [0.15, 0.2) is 23.3 Å². The number of rotatable bonds is 5. The molecule has 0 N–H and O–H groups in total. The lowest BCUT2D eigenvalue weighted by atomic mass is 10.1. The van der Waals surface area contributed by atoms with Crippen molar-refractivity contribution >= 4 is 15.9 Å². The van der Waals surface area contributed by atoms with Crippen LogP contribution < -0.4 is 0 Å². The Kier molecular flexibility index (Phi) is 5.59. The van der Waals surface area contributed by atoms with E-state index in [-0.39, 0.29) is 11.6 Å². The van der Waals surface area contributed by atoms with Gasteiger partial charge in [0.25, 0.3) is 0 Å². The van der Waals surface area contributed by atoms with Crippen molar-refractivity contribution in [1.82, 2.24) is 0 Å². The molecule has 0 amide bonds. The molecular weight excluding hydrogens is 404 g/mol. The second kappa shape index (κ2) is 7.39. The molecule has 0 aliphatic rings. The monoisotopic (exact) mass is 411 g/mol. The van der Waals surface area contributed by atoms with Crippen molar-refractivity contribution in [2.24, 2.45) is 0 Å². The Balaban J connectivity index is 2.61. The normalized spacial score (nSPS) is 12.3. The largest absolute Gasteiger partial charge is 0.360 e. The molecule has 0 saturated carbocycles. The molecule has 0 aliphatic heterocycles. The van der Waals surface area contributed by atoms with Gasteiger partial charge in [0.05, 0.1) is 16.2 Å². The molecule has 144 valence electrons. The quantitative estimate of drug-likeness (QED) is 0.247. The van der Waals surface area contributed by atoms with Gasteiger partial charge >= 0.3 is 5.03 Å². The first-order valence-electron chi connectivity index (χ1n) is 6.80. The van der Waals surface area contributed by atoms with Crippen molar-refractivity contribution < 1.29 is 39.7 Å². The molecule has 0 spiro atoms. The van der Waals surface area contributed by atoms with Crippen LogP contribution in [0.1, 0.15) is 11.1 Å². The summed E-state index contributed by atoms with van der Waals surface area (Å²) in [6.45, 7) is 0. The number of hydrogen-bond donors (Lipinski definition) is 0. The SMILES string of the molecule is O=[N+]([O-])/C(=C/c1c(F)c(F)c(F)c(F)c1F)S(=O)(=O)Cc1ccc(F)cc1. The smallest absolute Gasteiger partial charge is 0.258 e. The van der Waals surface area contributed by atoms with Gasteiger partial charge in [-0.3, -0.25) is 10.1 Å². The number of benzene rings is 2. The second-order valence-electron chi connectivity index (χ2n) is 5.11. The first-order chi connectivity index (χ1) is 12.5. The van der Waals surface area contributed by atoms with Crippen LogP contribution in [0.2, 0.25) is 0 Å². The van der Waals surface area contributed by atoms with Crippen LogP contribution in [0, 0.1) is 45.0 Å². The van der Waals surface area contributed by atoms with Gasteiger partial charge in [0.2, 0.25) is 15.7 Å².